The zero-order chi connectivity index (χ0) is 16.9. The van der Waals surface area contributed by atoms with Crippen LogP contribution in [0, 0.1) is 0 Å². The number of benzene rings is 3. The molecule has 0 aromatic heterocycles. The second-order valence-corrected chi connectivity index (χ2v) is 9.28. The van der Waals surface area contributed by atoms with E-state index in [1.165, 1.54) is 24.2 Å². The molecule has 0 heterocycles. The van der Waals surface area contributed by atoms with Crippen LogP contribution in [0.3, 0.4) is 0 Å². The van der Waals surface area contributed by atoms with E-state index in [9.17, 15) is 4.79 Å². The number of esters is 1. The van der Waals surface area contributed by atoms with E-state index in [-0.39, 0.29) is 20.9 Å². The van der Waals surface area contributed by atoms with E-state index < -0.39 is 0 Å². The summed E-state index contributed by atoms with van der Waals surface area (Å²) in [6.07, 6.45) is 0. The molecule has 0 unspecified atom stereocenters. The molecule has 0 spiro atoms. The van der Waals surface area contributed by atoms with Crippen molar-refractivity contribution in [2.45, 2.75) is 12.7 Å². The molecule has 0 bridgehead atoms. The summed E-state index contributed by atoms with van der Waals surface area (Å²) in [5, 5.41) is 2.73. The van der Waals surface area contributed by atoms with E-state index in [1.54, 1.807) is 0 Å². The number of hydrogen-bond acceptors (Lipinski definition) is 2. The van der Waals surface area contributed by atoms with Crippen molar-refractivity contribution in [3.05, 3.63) is 66.2 Å². The minimum absolute atomic E-state index is 0.216. The Kier molecular flexibility index (Phi) is 5.75. The van der Waals surface area contributed by atoms with E-state index >= 15 is 0 Å². The Balaban J connectivity index is 1.91. The van der Waals surface area contributed by atoms with E-state index in [4.69, 9.17) is 4.74 Å². The van der Waals surface area contributed by atoms with Crippen molar-refractivity contribution in [2.75, 3.05) is 6.61 Å². The van der Waals surface area contributed by atoms with Crippen LogP contribution in [0.1, 0.15) is 17.3 Å². The summed E-state index contributed by atoms with van der Waals surface area (Å²) in [6, 6.07) is 21.0. The van der Waals surface area contributed by atoms with Gasteiger partial charge in [0.2, 0.25) is 0 Å². The summed E-state index contributed by atoms with van der Waals surface area (Å²) in [5.41, 5.74) is 0.618. The van der Waals surface area contributed by atoms with Gasteiger partial charge in [-0.2, -0.15) is 0 Å². The maximum absolute atomic E-state index is 11.8. The Bertz CT molecular complexity index is 852. The monoisotopic (exact) mass is 450 g/mol. The van der Waals surface area contributed by atoms with Gasteiger partial charge in [0.25, 0.3) is 0 Å². The first-order valence-electron chi connectivity index (χ1n) is 7.73. The first kappa shape index (κ1) is 17.3. The van der Waals surface area contributed by atoms with Crippen molar-refractivity contribution in [3.63, 3.8) is 0 Å². The molecular formula is C20H18O2Se2. The van der Waals surface area contributed by atoms with Gasteiger partial charge in [0, 0.05) is 0 Å². The average Bonchev–Trinajstić information content (AvgIpc) is 2.62. The van der Waals surface area contributed by atoms with Crippen molar-refractivity contribution in [3.8, 4) is 0 Å². The molecule has 0 N–H and O–H groups in total. The van der Waals surface area contributed by atoms with Crippen molar-refractivity contribution in [2.24, 2.45) is 0 Å². The van der Waals surface area contributed by atoms with E-state index in [0.717, 1.165) is 0 Å². The van der Waals surface area contributed by atoms with Gasteiger partial charge in [0.15, 0.2) is 0 Å². The number of ether oxygens (including phenoxy) is 1. The molecule has 0 saturated carbocycles. The molecule has 0 aliphatic carbocycles. The molecule has 0 fully saturated rings. The van der Waals surface area contributed by atoms with Crippen LogP contribution in [-0.2, 0) is 4.74 Å². The molecule has 0 radical (unpaired) electrons. The molecule has 2 nitrogen and oxygen atoms in total. The topological polar surface area (TPSA) is 26.3 Å². The Labute approximate surface area is 154 Å². The number of carbonyl (C=O) groups excluding carboxylic acids is 1. The third-order valence-corrected chi connectivity index (χ3v) is 7.52. The third-order valence-electron chi connectivity index (χ3n) is 3.64. The second kappa shape index (κ2) is 8.00. The van der Waals surface area contributed by atoms with Crippen LogP contribution in [0.5, 0.6) is 0 Å². The molecule has 3 aromatic rings. The molecule has 0 aliphatic heterocycles. The zero-order valence-corrected chi connectivity index (χ0v) is 17.0. The van der Waals surface area contributed by atoms with Crippen LogP contribution in [0.4, 0.5) is 0 Å². The summed E-state index contributed by atoms with van der Waals surface area (Å²) in [7, 11) is 0. The Hall–Kier alpha value is -1.57. The maximum atomic E-state index is 11.8. The summed E-state index contributed by atoms with van der Waals surface area (Å²) >= 11 is 0.688. The molecule has 24 heavy (non-hydrogen) atoms. The number of hydrogen-bond donors (Lipinski definition) is 0. The average molecular weight is 448 g/mol. The summed E-state index contributed by atoms with van der Waals surface area (Å²) in [4.78, 5) is 11.8. The van der Waals surface area contributed by atoms with Crippen LogP contribution in [0.25, 0.3) is 10.8 Å². The second-order valence-electron chi connectivity index (χ2n) is 5.16. The molecule has 0 aliphatic rings. The molecule has 0 saturated heterocycles. The van der Waals surface area contributed by atoms with Crippen molar-refractivity contribution in [1.29, 1.82) is 0 Å². The van der Waals surface area contributed by atoms with Gasteiger partial charge in [-0.1, -0.05) is 0 Å². The van der Waals surface area contributed by atoms with Crippen LogP contribution in [0.2, 0.25) is 5.82 Å². The van der Waals surface area contributed by atoms with E-state index in [0.29, 0.717) is 27.1 Å². The normalized spacial score (nSPS) is 10.8. The molecule has 3 rings (SSSR count). The van der Waals surface area contributed by atoms with Crippen LogP contribution in [-0.4, -0.2) is 42.5 Å². The fourth-order valence-corrected chi connectivity index (χ4v) is 6.32. The van der Waals surface area contributed by atoms with Crippen molar-refractivity contribution < 1.29 is 9.53 Å². The molecule has 3 aromatic carbocycles. The predicted molar refractivity (Wildman–Crippen MR) is 103 cm³/mol. The Morgan fingerprint density at radius 2 is 1.62 bits per heavy atom. The summed E-state index contributed by atoms with van der Waals surface area (Å²) in [6.45, 7) is 2.23. The predicted octanol–water partition coefficient (Wildman–Crippen LogP) is 2.05. The number of fused-ring (bicyclic) bond motifs is 1. The third kappa shape index (κ3) is 3.74. The van der Waals surface area contributed by atoms with Gasteiger partial charge < -0.3 is 0 Å². The summed E-state index contributed by atoms with van der Waals surface area (Å²) < 4.78 is 9.17. The quantitative estimate of drug-likeness (QED) is 0.442. The first-order chi connectivity index (χ1) is 11.7. The standard InChI is InChI=1S/C20H18O2Se2/c1-3-22-20(21)15-10-12-16(13-11-15)24-18-9-5-7-14-6-4-8-17(23-2)19(14)18/h4-13H,3H2,1-2H3. The number of carbonyl (C=O) groups is 1. The SMILES string of the molecule is CCOC(=O)c1ccc([Se]c2cccc3cccc([Se]C)c23)cc1. The Morgan fingerprint density at radius 1 is 0.958 bits per heavy atom. The van der Waals surface area contributed by atoms with Crippen molar-refractivity contribution in [1.82, 2.24) is 0 Å². The molecule has 4 heteroatoms. The minimum atomic E-state index is -0.252. The van der Waals surface area contributed by atoms with E-state index in [1.807, 2.05) is 31.2 Å². The fraction of sp³-hybridized carbons (Fsp3) is 0.150. The zero-order valence-electron chi connectivity index (χ0n) is 13.6. The van der Waals surface area contributed by atoms with Gasteiger partial charge >= 0.3 is 155 Å². The summed E-state index contributed by atoms with van der Waals surface area (Å²) in [5.74, 6) is 2.01. The van der Waals surface area contributed by atoms with Gasteiger partial charge in [-0.25, -0.2) is 0 Å². The molecule has 122 valence electrons. The van der Waals surface area contributed by atoms with Crippen molar-refractivity contribution >= 4 is 60.0 Å². The van der Waals surface area contributed by atoms with E-state index in [2.05, 4.69) is 42.2 Å². The Morgan fingerprint density at radius 3 is 2.25 bits per heavy atom. The van der Waals surface area contributed by atoms with Gasteiger partial charge in [-0.05, 0) is 0 Å². The van der Waals surface area contributed by atoms with Gasteiger partial charge in [0.05, 0.1) is 0 Å². The molecule has 0 amide bonds. The van der Waals surface area contributed by atoms with Crippen LogP contribution in [0.15, 0.2) is 60.7 Å². The van der Waals surface area contributed by atoms with Crippen LogP contribution >= 0.6 is 0 Å². The first-order valence-corrected chi connectivity index (χ1v) is 12.0. The van der Waals surface area contributed by atoms with Crippen LogP contribution < -0.4 is 13.4 Å². The van der Waals surface area contributed by atoms with Gasteiger partial charge in [-0.15, -0.1) is 0 Å². The molecular weight excluding hydrogens is 430 g/mol. The molecule has 0 atom stereocenters. The van der Waals surface area contributed by atoms with Gasteiger partial charge in [0.1, 0.15) is 0 Å². The van der Waals surface area contributed by atoms with Gasteiger partial charge in [-0.3, -0.25) is 0 Å². The fourth-order valence-electron chi connectivity index (χ4n) is 2.53. The number of rotatable bonds is 5.